The highest BCUT2D eigenvalue weighted by Gasteiger charge is 2.62. The average molecular weight is 676 g/mol. The molecule has 3 N–H and O–H groups in total. The van der Waals surface area contributed by atoms with Crippen molar-refractivity contribution in [2.45, 2.75) is 77.1 Å². The van der Waals surface area contributed by atoms with Gasteiger partial charge in [0.15, 0.2) is 6.61 Å². The molecule has 2 unspecified atom stereocenters. The van der Waals surface area contributed by atoms with Gasteiger partial charge in [-0.3, -0.25) is 0 Å². The molecule has 0 radical (unpaired) electrons. The highest BCUT2D eigenvalue weighted by atomic mass is 19.4. The molecule has 260 valence electrons. The molecule has 1 fully saturated rings. The summed E-state index contributed by atoms with van der Waals surface area (Å²) in [7, 11) is 0. The summed E-state index contributed by atoms with van der Waals surface area (Å²) in [6.45, 7) is -3.59. The third-order valence-electron chi connectivity index (χ3n) is 6.39. The van der Waals surface area contributed by atoms with E-state index in [-0.39, 0.29) is 13.0 Å². The van der Waals surface area contributed by atoms with Crippen molar-refractivity contribution in [1.29, 1.82) is 0 Å². The lowest BCUT2D eigenvalue weighted by atomic mass is 9.62. The van der Waals surface area contributed by atoms with Crippen molar-refractivity contribution in [1.82, 2.24) is 10.6 Å². The molecule has 0 saturated heterocycles. The standard InChI is InChI=1S/C23H32F12N2O7/c1-17(2)4-13(37-16(40)41-6-14(24)25)5-18(3,7-17)8-36-15(39)42-10-19(9-38,11-43-22(32,33)20(26,27)28)12-44-23(34,35)21(29,30)31/h13-14,38H,4-12H2,1-3H3,(H,36,39)(H,37,40). The van der Waals surface area contributed by atoms with Crippen molar-refractivity contribution >= 4 is 12.2 Å². The predicted octanol–water partition coefficient (Wildman–Crippen LogP) is 5.61. The molecule has 2 atom stereocenters. The van der Waals surface area contributed by atoms with Gasteiger partial charge >= 0.3 is 36.8 Å². The molecule has 21 heteroatoms. The van der Waals surface area contributed by atoms with Gasteiger partial charge in [-0.1, -0.05) is 20.8 Å². The summed E-state index contributed by atoms with van der Waals surface area (Å²) >= 11 is 0. The molecule has 0 aromatic rings. The average Bonchev–Trinajstić information content (AvgIpc) is 2.83. The third kappa shape index (κ3) is 12.2. The summed E-state index contributed by atoms with van der Waals surface area (Å²) in [5.74, 6) is 0. The van der Waals surface area contributed by atoms with Crippen molar-refractivity contribution in [3.8, 4) is 0 Å². The topological polar surface area (TPSA) is 115 Å². The Morgan fingerprint density at radius 1 is 0.818 bits per heavy atom. The van der Waals surface area contributed by atoms with Gasteiger partial charge in [0.05, 0.1) is 25.2 Å². The first-order chi connectivity index (χ1) is 19.7. The van der Waals surface area contributed by atoms with Crippen LogP contribution in [0.15, 0.2) is 0 Å². The lowest BCUT2D eigenvalue weighted by Crippen LogP contribution is -2.51. The number of ether oxygens (including phenoxy) is 4. The van der Waals surface area contributed by atoms with Gasteiger partial charge in [-0.25, -0.2) is 18.4 Å². The number of amides is 2. The SMILES string of the molecule is CC1(C)CC(NC(=O)OCC(F)F)CC(C)(CNC(=O)OCC(CO)(COC(F)(F)C(F)(F)F)COC(F)(F)C(F)(F)F)C1. The van der Waals surface area contributed by atoms with E-state index in [1.807, 2.05) is 0 Å². The number of aliphatic hydroxyl groups is 1. The largest absolute Gasteiger partial charge is 0.482 e. The van der Waals surface area contributed by atoms with Gasteiger partial charge in [-0.05, 0) is 30.1 Å². The smallest absolute Gasteiger partial charge is 0.449 e. The van der Waals surface area contributed by atoms with Crippen molar-refractivity contribution in [3.05, 3.63) is 0 Å². The minimum atomic E-state index is -6.35. The summed E-state index contributed by atoms with van der Waals surface area (Å²) in [5, 5.41) is 14.2. The van der Waals surface area contributed by atoms with Crippen molar-refractivity contribution in [2.75, 3.05) is 39.6 Å². The van der Waals surface area contributed by atoms with Crippen LogP contribution in [0.1, 0.15) is 40.0 Å². The van der Waals surface area contributed by atoms with E-state index in [2.05, 4.69) is 29.6 Å². The molecule has 0 bridgehead atoms. The summed E-state index contributed by atoms with van der Waals surface area (Å²) in [6, 6.07) is -0.631. The monoisotopic (exact) mass is 676 g/mol. The first-order valence-corrected chi connectivity index (χ1v) is 12.6. The van der Waals surface area contributed by atoms with Gasteiger partial charge in [-0.2, -0.15) is 43.9 Å². The Hall–Kier alpha value is -2.42. The Balaban J connectivity index is 2.97. The van der Waals surface area contributed by atoms with Crippen LogP contribution < -0.4 is 10.6 Å². The number of aliphatic hydroxyl groups excluding tert-OH is 1. The molecule has 1 aliphatic rings. The number of rotatable bonds is 14. The summed E-state index contributed by atoms with van der Waals surface area (Å²) in [5.41, 5.74) is -4.33. The number of nitrogens with one attached hydrogen (secondary N) is 2. The fourth-order valence-electron chi connectivity index (χ4n) is 4.69. The van der Waals surface area contributed by atoms with Gasteiger partial charge in [0.2, 0.25) is 0 Å². The highest BCUT2D eigenvalue weighted by molar-refractivity contribution is 5.68. The van der Waals surface area contributed by atoms with Gasteiger partial charge in [-0.15, -0.1) is 0 Å². The number of alkyl halides is 12. The van der Waals surface area contributed by atoms with E-state index in [0.29, 0.717) is 12.8 Å². The lowest BCUT2D eigenvalue weighted by molar-refractivity contribution is -0.410. The minimum Gasteiger partial charge on any atom is -0.449 e. The third-order valence-corrected chi connectivity index (χ3v) is 6.39. The molecular formula is C23H32F12N2O7. The van der Waals surface area contributed by atoms with Crippen molar-refractivity contribution < 1.29 is 86.3 Å². The van der Waals surface area contributed by atoms with Gasteiger partial charge in [0.1, 0.15) is 6.61 Å². The molecule has 1 aliphatic carbocycles. The molecule has 9 nitrogen and oxygen atoms in total. The number of alkyl carbamates (subject to hydrolysis) is 2. The van der Waals surface area contributed by atoms with Crippen LogP contribution >= 0.6 is 0 Å². The van der Waals surface area contributed by atoms with E-state index in [9.17, 15) is 67.4 Å². The van der Waals surface area contributed by atoms with Crippen molar-refractivity contribution in [3.63, 3.8) is 0 Å². The van der Waals surface area contributed by atoms with Crippen LogP contribution in [0.25, 0.3) is 0 Å². The highest BCUT2D eigenvalue weighted by Crippen LogP contribution is 2.46. The summed E-state index contributed by atoms with van der Waals surface area (Å²) in [4.78, 5) is 24.2. The van der Waals surface area contributed by atoms with Crippen LogP contribution in [-0.4, -0.2) is 93.9 Å². The fraction of sp³-hybridized carbons (Fsp3) is 0.913. The van der Waals surface area contributed by atoms with E-state index < -0.39 is 98.5 Å². The van der Waals surface area contributed by atoms with Crippen LogP contribution in [0.4, 0.5) is 62.3 Å². The van der Waals surface area contributed by atoms with Crippen molar-refractivity contribution in [2.24, 2.45) is 16.2 Å². The van der Waals surface area contributed by atoms with Gasteiger partial charge in [0, 0.05) is 12.6 Å². The fourth-order valence-corrected chi connectivity index (χ4v) is 4.69. The Bertz CT molecular complexity index is 933. The summed E-state index contributed by atoms with van der Waals surface area (Å²) in [6.07, 6.45) is -29.2. The quantitative estimate of drug-likeness (QED) is 0.205. The van der Waals surface area contributed by atoms with Crippen LogP contribution in [0.3, 0.4) is 0 Å². The molecular weight excluding hydrogens is 644 g/mol. The molecule has 1 rings (SSSR count). The van der Waals surface area contributed by atoms with Crippen LogP contribution in [0.2, 0.25) is 0 Å². The Morgan fingerprint density at radius 3 is 1.75 bits per heavy atom. The Labute approximate surface area is 242 Å². The molecule has 0 spiro atoms. The number of hydrogen-bond donors (Lipinski definition) is 3. The van der Waals surface area contributed by atoms with Gasteiger partial charge < -0.3 is 34.7 Å². The first-order valence-electron chi connectivity index (χ1n) is 12.6. The van der Waals surface area contributed by atoms with Crippen LogP contribution in [0.5, 0.6) is 0 Å². The molecule has 44 heavy (non-hydrogen) atoms. The van der Waals surface area contributed by atoms with E-state index >= 15 is 0 Å². The molecule has 1 saturated carbocycles. The maximum atomic E-state index is 13.3. The number of halogens is 12. The molecule has 0 aliphatic heterocycles. The number of carbonyl (C=O) groups excluding carboxylic acids is 2. The second kappa shape index (κ2) is 14.3. The second-order valence-corrected chi connectivity index (χ2v) is 11.6. The second-order valence-electron chi connectivity index (χ2n) is 11.6. The molecule has 0 aromatic heterocycles. The first kappa shape index (κ1) is 39.6. The predicted molar refractivity (Wildman–Crippen MR) is 123 cm³/mol. The lowest BCUT2D eigenvalue weighted by Gasteiger charge is -2.46. The Morgan fingerprint density at radius 2 is 1.32 bits per heavy atom. The molecule has 2 amide bonds. The normalized spacial score (nSPS) is 21.6. The molecule has 0 heterocycles. The number of hydrogen-bond acceptors (Lipinski definition) is 7. The van der Waals surface area contributed by atoms with Crippen LogP contribution in [0, 0.1) is 16.2 Å². The van der Waals surface area contributed by atoms with Gasteiger partial charge in [0.25, 0.3) is 6.43 Å². The zero-order valence-corrected chi connectivity index (χ0v) is 23.5. The summed E-state index contributed by atoms with van der Waals surface area (Å²) < 4.78 is 169. The maximum Gasteiger partial charge on any atom is 0.482 e. The minimum absolute atomic E-state index is 0.141. The molecule has 0 aromatic carbocycles. The zero-order chi connectivity index (χ0) is 34.4. The Kier molecular flexibility index (Phi) is 12.9. The van der Waals surface area contributed by atoms with Crippen LogP contribution in [-0.2, 0) is 18.9 Å². The maximum absolute atomic E-state index is 13.3. The van der Waals surface area contributed by atoms with E-state index in [1.54, 1.807) is 20.8 Å². The van der Waals surface area contributed by atoms with E-state index in [0.717, 1.165) is 0 Å². The number of carbonyl (C=O) groups is 2. The van der Waals surface area contributed by atoms with E-state index in [4.69, 9.17) is 0 Å². The zero-order valence-electron chi connectivity index (χ0n) is 23.5. The van der Waals surface area contributed by atoms with E-state index in [1.165, 1.54) is 0 Å².